The third-order valence-corrected chi connectivity index (χ3v) is 3.66. The highest BCUT2D eigenvalue weighted by molar-refractivity contribution is 5.89. The Morgan fingerprint density at radius 1 is 1.13 bits per heavy atom. The van der Waals surface area contributed by atoms with Crippen molar-refractivity contribution in [2.45, 2.75) is 12.0 Å². The number of aliphatic hydroxyl groups is 1. The lowest BCUT2D eigenvalue weighted by atomic mass is 9.84. The first-order valence-corrected chi connectivity index (χ1v) is 7.06. The zero-order valence-electron chi connectivity index (χ0n) is 12.8. The minimum absolute atomic E-state index is 0.181. The average Bonchev–Trinajstić information content (AvgIpc) is 2.62. The van der Waals surface area contributed by atoms with Gasteiger partial charge in [-0.3, -0.25) is 0 Å². The first-order chi connectivity index (χ1) is 11.1. The smallest absolute Gasteiger partial charge is 0.333 e. The molecule has 0 heterocycles. The van der Waals surface area contributed by atoms with Gasteiger partial charge in [-0.1, -0.05) is 61.2 Å². The van der Waals surface area contributed by atoms with Gasteiger partial charge in [0.05, 0.1) is 19.8 Å². The van der Waals surface area contributed by atoms with Gasteiger partial charge in [-0.15, -0.1) is 0 Å². The molecule has 0 amide bonds. The second-order valence-corrected chi connectivity index (χ2v) is 5.05. The highest BCUT2D eigenvalue weighted by Gasteiger charge is 2.29. The van der Waals surface area contributed by atoms with Gasteiger partial charge >= 0.3 is 5.97 Å². The van der Waals surface area contributed by atoms with E-state index in [9.17, 15) is 9.90 Å². The van der Waals surface area contributed by atoms with Crippen molar-refractivity contribution < 1.29 is 14.6 Å². The third-order valence-electron chi connectivity index (χ3n) is 3.66. The summed E-state index contributed by atoms with van der Waals surface area (Å²) in [4.78, 5) is 15.2. The first-order valence-electron chi connectivity index (χ1n) is 7.06. The van der Waals surface area contributed by atoms with Crippen LogP contribution in [0.3, 0.4) is 0 Å². The SMILES string of the molecule is [C-]#[N+]c1ccc([C@H](O)[C@H](C(=C)C(=O)OC)c2ccccc2)cc1. The highest BCUT2D eigenvalue weighted by atomic mass is 16.5. The Balaban J connectivity index is 2.42. The van der Waals surface area contributed by atoms with Crippen molar-refractivity contribution in [2.75, 3.05) is 7.11 Å². The van der Waals surface area contributed by atoms with Crippen molar-refractivity contribution in [3.05, 3.63) is 89.3 Å². The average molecular weight is 307 g/mol. The van der Waals surface area contributed by atoms with Gasteiger partial charge in [0.2, 0.25) is 0 Å². The largest absolute Gasteiger partial charge is 0.466 e. The number of esters is 1. The summed E-state index contributed by atoms with van der Waals surface area (Å²) in [6.07, 6.45) is -0.969. The number of rotatable bonds is 5. The van der Waals surface area contributed by atoms with Crippen LogP contribution >= 0.6 is 0 Å². The number of hydrogen-bond acceptors (Lipinski definition) is 3. The second-order valence-electron chi connectivity index (χ2n) is 5.05. The predicted molar refractivity (Wildman–Crippen MR) is 88.0 cm³/mol. The Morgan fingerprint density at radius 3 is 2.26 bits per heavy atom. The molecule has 2 aromatic rings. The molecule has 0 spiro atoms. The van der Waals surface area contributed by atoms with Gasteiger partial charge in [0.1, 0.15) is 0 Å². The Hall–Kier alpha value is -2.90. The van der Waals surface area contributed by atoms with Crippen molar-refractivity contribution >= 4 is 11.7 Å². The predicted octanol–water partition coefficient (Wildman–Crippen LogP) is 3.78. The number of hydrogen-bond donors (Lipinski definition) is 1. The quantitative estimate of drug-likeness (QED) is 0.519. The number of methoxy groups -OCH3 is 1. The van der Waals surface area contributed by atoms with Crippen LogP contribution < -0.4 is 0 Å². The van der Waals surface area contributed by atoms with Gasteiger partial charge in [-0.2, -0.15) is 0 Å². The maximum atomic E-state index is 11.9. The number of carbonyl (C=O) groups is 1. The monoisotopic (exact) mass is 307 g/mol. The van der Waals surface area contributed by atoms with E-state index >= 15 is 0 Å². The molecule has 23 heavy (non-hydrogen) atoms. The molecule has 0 radical (unpaired) electrons. The van der Waals surface area contributed by atoms with E-state index in [1.54, 1.807) is 24.3 Å². The Bertz CT molecular complexity index is 729. The highest BCUT2D eigenvalue weighted by Crippen LogP contribution is 2.37. The third kappa shape index (κ3) is 3.65. The molecule has 0 aromatic heterocycles. The standard InChI is InChI=1S/C19H17NO3/c1-13(19(22)23-3)17(14-7-5-4-6-8-14)18(21)15-9-11-16(20-2)12-10-15/h4-12,17-18,21H,1H2,3H3/t17-,18+/m1/s1. The fourth-order valence-corrected chi connectivity index (χ4v) is 2.43. The van der Waals surface area contributed by atoms with Crippen molar-refractivity contribution in [3.8, 4) is 0 Å². The fourth-order valence-electron chi connectivity index (χ4n) is 2.43. The van der Waals surface area contributed by atoms with Crippen LogP contribution in [-0.4, -0.2) is 18.2 Å². The molecule has 0 saturated heterocycles. The van der Waals surface area contributed by atoms with Crippen molar-refractivity contribution in [1.82, 2.24) is 0 Å². The van der Waals surface area contributed by atoms with Crippen molar-refractivity contribution in [1.29, 1.82) is 0 Å². The van der Waals surface area contributed by atoms with E-state index in [2.05, 4.69) is 11.4 Å². The zero-order valence-corrected chi connectivity index (χ0v) is 12.8. The summed E-state index contributed by atoms with van der Waals surface area (Å²) in [5.74, 6) is -1.18. The van der Waals surface area contributed by atoms with E-state index in [-0.39, 0.29) is 5.57 Å². The summed E-state index contributed by atoms with van der Waals surface area (Å²) in [5, 5.41) is 10.8. The van der Waals surface area contributed by atoms with E-state index in [0.717, 1.165) is 5.56 Å². The lowest BCUT2D eigenvalue weighted by Gasteiger charge is -2.24. The van der Waals surface area contributed by atoms with Crippen LogP contribution in [0.5, 0.6) is 0 Å². The van der Waals surface area contributed by atoms with Crippen LogP contribution in [-0.2, 0) is 9.53 Å². The lowest BCUT2D eigenvalue weighted by Crippen LogP contribution is -2.19. The Morgan fingerprint density at radius 2 is 1.74 bits per heavy atom. The van der Waals surface area contributed by atoms with E-state index < -0.39 is 18.0 Å². The molecule has 0 aliphatic rings. The molecule has 4 heteroatoms. The van der Waals surface area contributed by atoms with Crippen LogP contribution in [0, 0.1) is 6.57 Å². The van der Waals surface area contributed by atoms with Crippen molar-refractivity contribution in [3.63, 3.8) is 0 Å². The molecular weight excluding hydrogens is 290 g/mol. The molecule has 0 aliphatic heterocycles. The molecule has 2 atom stereocenters. The Kier molecular flexibility index (Phi) is 5.29. The molecule has 116 valence electrons. The molecule has 0 bridgehead atoms. The van der Waals surface area contributed by atoms with Gasteiger partial charge in [0.25, 0.3) is 0 Å². The number of carbonyl (C=O) groups excluding carboxylic acids is 1. The molecule has 0 aliphatic carbocycles. The summed E-state index contributed by atoms with van der Waals surface area (Å²) < 4.78 is 4.75. The second kappa shape index (κ2) is 7.39. The Labute approximate surface area is 135 Å². The minimum Gasteiger partial charge on any atom is -0.466 e. The maximum Gasteiger partial charge on any atom is 0.333 e. The van der Waals surface area contributed by atoms with Gasteiger partial charge < -0.3 is 9.84 Å². The summed E-state index contributed by atoms with van der Waals surface area (Å²) in [6.45, 7) is 10.8. The molecule has 0 fully saturated rings. The summed E-state index contributed by atoms with van der Waals surface area (Å²) in [5.41, 5.74) is 2.05. The first kappa shape index (κ1) is 16.5. The van der Waals surface area contributed by atoms with Gasteiger partial charge in [0.15, 0.2) is 5.69 Å². The number of nitrogens with zero attached hydrogens (tertiary/aromatic N) is 1. The molecule has 2 aromatic carbocycles. The molecule has 1 N–H and O–H groups in total. The number of aliphatic hydroxyl groups excluding tert-OH is 1. The van der Waals surface area contributed by atoms with E-state index in [0.29, 0.717) is 11.3 Å². The summed E-state index contributed by atoms with van der Waals surface area (Å²) >= 11 is 0. The van der Waals surface area contributed by atoms with E-state index in [4.69, 9.17) is 11.3 Å². The van der Waals surface area contributed by atoms with Crippen LogP contribution in [0.25, 0.3) is 4.85 Å². The lowest BCUT2D eigenvalue weighted by molar-refractivity contribution is -0.136. The molecular formula is C19H17NO3. The van der Waals surface area contributed by atoms with E-state index in [1.807, 2.05) is 30.3 Å². The minimum atomic E-state index is -0.969. The van der Waals surface area contributed by atoms with Crippen LogP contribution in [0.2, 0.25) is 0 Å². The topological polar surface area (TPSA) is 50.9 Å². The zero-order chi connectivity index (χ0) is 16.8. The van der Waals surface area contributed by atoms with Crippen LogP contribution in [0.1, 0.15) is 23.1 Å². The van der Waals surface area contributed by atoms with Gasteiger partial charge in [0, 0.05) is 11.5 Å². The van der Waals surface area contributed by atoms with Gasteiger partial charge in [-0.25, -0.2) is 9.64 Å². The normalized spacial score (nSPS) is 12.7. The molecule has 4 nitrogen and oxygen atoms in total. The molecule has 2 rings (SSSR count). The van der Waals surface area contributed by atoms with Gasteiger partial charge in [-0.05, 0) is 11.1 Å². The molecule has 0 unspecified atom stereocenters. The van der Waals surface area contributed by atoms with Crippen LogP contribution in [0.15, 0.2) is 66.7 Å². The molecule has 0 saturated carbocycles. The summed E-state index contributed by atoms with van der Waals surface area (Å²) in [7, 11) is 1.28. The van der Waals surface area contributed by atoms with Crippen molar-refractivity contribution in [2.24, 2.45) is 0 Å². The maximum absolute atomic E-state index is 11.9. The van der Waals surface area contributed by atoms with Crippen LogP contribution in [0.4, 0.5) is 5.69 Å². The summed E-state index contributed by atoms with van der Waals surface area (Å²) in [6, 6.07) is 15.8. The fraction of sp³-hybridized carbons (Fsp3) is 0.158. The number of ether oxygens (including phenoxy) is 1. The van der Waals surface area contributed by atoms with E-state index in [1.165, 1.54) is 7.11 Å². The number of benzene rings is 2.